The van der Waals surface area contributed by atoms with Crippen molar-refractivity contribution < 1.29 is 22.6 Å². The number of anilines is 1. The summed E-state index contributed by atoms with van der Waals surface area (Å²) in [6.45, 7) is 0.944. The summed E-state index contributed by atoms with van der Waals surface area (Å²) in [6, 6.07) is -0.156. The molecule has 1 aliphatic carbocycles. The standard InChI is InChI=1S/C15H20F3N3O2/c1-22-12-8-23-7-6-11(12)20-14-19-10-5-3-2-4-9(10)13(21-14)15(16,17)18/h11-12H,2-8H2,1H3,(H,19,20,21)/t11-,12-/m1/s1. The van der Waals surface area contributed by atoms with E-state index in [9.17, 15) is 13.2 Å². The molecule has 0 radical (unpaired) electrons. The zero-order chi connectivity index (χ0) is 16.4. The van der Waals surface area contributed by atoms with E-state index in [2.05, 4.69) is 15.3 Å². The van der Waals surface area contributed by atoms with Gasteiger partial charge in [-0.25, -0.2) is 9.97 Å². The van der Waals surface area contributed by atoms with Gasteiger partial charge in [0.15, 0.2) is 5.69 Å². The average Bonchev–Trinajstić information content (AvgIpc) is 2.54. The van der Waals surface area contributed by atoms with E-state index in [1.54, 1.807) is 7.11 Å². The maximum Gasteiger partial charge on any atom is 0.433 e. The van der Waals surface area contributed by atoms with E-state index >= 15 is 0 Å². The van der Waals surface area contributed by atoms with E-state index in [0.29, 0.717) is 38.2 Å². The molecule has 0 spiro atoms. The largest absolute Gasteiger partial charge is 0.433 e. The minimum Gasteiger partial charge on any atom is -0.379 e. The Labute approximate surface area is 132 Å². The van der Waals surface area contributed by atoms with Gasteiger partial charge in [0.1, 0.15) is 6.10 Å². The number of ether oxygens (including phenoxy) is 2. The second-order valence-electron chi connectivity index (χ2n) is 5.91. The van der Waals surface area contributed by atoms with Crippen LogP contribution in [0.2, 0.25) is 0 Å². The van der Waals surface area contributed by atoms with Crippen molar-refractivity contribution in [2.75, 3.05) is 25.6 Å². The van der Waals surface area contributed by atoms with Gasteiger partial charge in [-0.3, -0.25) is 0 Å². The lowest BCUT2D eigenvalue weighted by molar-refractivity contribution is -0.142. The molecule has 3 rings (SSSR count). The van der Waals surface area contributed by atoms with Gasteiger partial charge in [-0.15, -0.1) is 0 Å². The van der Waals surface area contributed by atoms with E-state index < -0.39 is 11.9 Å². The van der Waals surface area contributed by atoms with Crippen LogP contribution in [0.4, 0.5) is 19.1 Å². The first-order valence-electron chi connectivity index (χ1n) is 7.83. The van der Waals surface area contributed by atoms with Gasteiger partial charge in [0, 0.05) is 25.0 Å². The Bertz CT molecular complexity index is 566. The number of nitrogens with zero attached hydrogens (tertiary/aromatic N) is 2. The van der Waals surface area contributed by atoms with E-state index in [1.165, 1.54) is 0 Å². The van der Waals surface area contributed by atoms with Crippen molar-refractivity contribution >= 4 is 5.95 Å². The molecule has 1 aliphatic heterocycles. The van der Waals surface area contributed by atoms with Gasteiger partial charge < -0.3 is 14.8 Å². The first-order chi connectivity index (χ1) is 11.0. The zero-order valence-corrected chi connectivity index (χ0v) is 12.9. The number of aromatic nitrogens is 2. The predicted octanol–water partition coefficient (Wildman–Crippen LogP) is 2.59. The molecular weight excluding hydrogens is 311 g/mol. The highest BCUT2D eigenvalue weighted by Gasteiger charge is 2.38. The lowest BCUT2D eigenvalue weighted by Gasteiger charge is -2.31. The number of hydrogen-bond acceptors (Lipinski definition) is 5. The molecule has 128 valence electrons. The van der Waals surface area contributed by atoms with Crippen LogP contribution < -0.4 is 5.32 Å². The lowest BCUT2D eigenvalue weighted by Crippen LogP contribution is -2.43. The van der Waals surface area contributed by atoms with Gasteiger partial charge in [-0.2, -0.15) is 13.2 Å². The molecule has 0 aromatic carbocycles. The summed E-state index contributed by atoms with van der Waals surface area (Å²) < 4.78 is 50.6. The summed E-state index contributed by atoms with van der Waals surface area (Å²) >= 11 is 0. The molecule has 2 aliphatic rings. The number of nitrogens with one attached hydrogen (secondary N) is 1. The van der Waals surface area contributed by atoms with Crippen molar-refractivity contribution in [3.8, 4) is 0 Å². The molecule has 1 fully saturated rings. The fraction of sp³-hybridized carbons (Fsp3) is 0.733. The molecule has 0 amide bonds. The van der Waals surface area contributed by atoms with Crippen LogP contribution in [-0.4, -0.2) is 42.4 Å². The molecule has 0 unspecified atom stereocenters. The first-order valence-corrected chi connectivity index (χ1v) is 7.83. The molecule has 2 heterocycles. The number of hydrogen-bond donors (Lipinski definition) is 1. The number of halogens is 3. The summed E-state index contributed by atoms with van der Waals surface area (Å²) in [5.74, 6) is 0.0342. The molecule has 0 bridgehead atoms. The van der Waals surface area contributed by atoms with Gasteiger partial charge in [-0.1, -0.05) is 0 Å². The van der Waals surface area contributed by atoms with Crippen LogP contribution in [0.1, 0.15) is 36.2 Å². The van der Waals surface area contributed by atoms with Gasteiger partial charge in [0.25, 0.3) is 0 Å². The SMILES string of the molecule is CO[C@@H]1COCC[C@H]1Nc1nc2c(c(C(F)(F)F)n1)CCCC2. The van der Waals surface area contributed by atoms with E-state index in [-0.39, 0.29) is 23.7 Å². The summed E-state index contributed by atoms with van der Waals surface area (Å²) in [5.41, 5.74) is -0.0302. The third-order valence-corrected chi connectivity index (χ3v) is 4.37. The molecule has 1 aromatic heterocycles. The Morgan fingerprint density at radius 2 is 2.00 bits per heavy atom. The predicted molar refractivity (Wildman–Crippen MR) is 77.3 cm³/mol. The lowest BCUT2D eigenvalue weighted by atomic mass is 9.94. The van der Waals surface area contributed by atoms with Crippen LogP contribution in [0.3, 0.4) is 0 Å². The first kappa shape index (κ1) is 16.4. The van der Waals surface area contributed by atoms with Gasteiger partial charge in [0.2, 0.25) is 5.95 Å². The summed E-state index contributed by atoms with van der Waals surface area (Å²) in [5, 5.41) is 3.02. The monoisotopic (exact) mass is 331 g/mol. The third-order valence-electron chi connectivity index (χ3n) is 4.37. The second-order valence-corrected chi connectivity index (χ2v) is 5.91. The quantitative estimate of drug-likeness (QED) is 0.923. The molecule has 23 heavy (non-hydrogen) atoms. The molecule has 1 N–H and O–H groups in total. The van der Waals surface area contributed by atoms with Crippen molar-refractivity contribution in [1.29, 1.82) is 0 Å². The summed E-state index contributed by atoms with van der Waals surface area (Å²) in [4.78, 5) is 8.11. The Morgan fingerprint density at radius 1 is 1.22 bits per heavy atom. The molecule has 0 saturated carbocycles. The highest BCUT2D eigenvalue weighted by molar-refractivity contribution is 5.38. The van der Waals surface area contributed by atoms with Crippen LogP contribution in [-0.2, 0) is 28.5 Å². The molecule has 8 heteroatoms. The normalized spacial score (nSPS) is 25.0. The van der Waals surface area contributed by atoms with Gasteiger partial charge >= 0.3 is 6.18 Å². The Hall–Kier alpha value is -1.41. The van der Waals surface area contributed by atoms with Crippen molar-refractivity contribution in [3.05, 3.63) is 17.0 Å². The number of methoxy groups -OCH3 is 1. The summed E-state index contributed by atoms with van der Waals surface area (Å²) in [7, 11) is 1.56. The Balaban J connectivity index is 1.90. The fourth-order valence-electron chi connectivity index (χ4n) is 3.17. The minimum absolute atomic E-state index is 0.0342. The molecule has 1 saturated heterocycles. The van der Waals surface area contributed by atoms with Crippen LogP contribution in [0.25, 0.3) is 0 Å². The second kappa shape index (κ2) is 6.60. The van der Waals surface area contributed by atoms with Gasteiger partial charge in [-0.05, 0) is 32.1 Å². The molecular formula is C15H20F3N3O2. The average molecular weight is 331 g/mol. The smallest absolute Gasteiger partial charge is 0.379 e. The molecule has 5 nitrogen and oxygen atoms in total. The molecule has 2 atom stereocenters. The number of aryl methyl sites for hydroxylation is 1. The number of fused-ring (bicyclic) bond motifs is 1. The van der Waals surface area contributed by atoms with Crippen molar-refractivity contribution in [1.82, 2.24) is 9.97 Å². The topological polar surface area (TPSA) is 56.3 Å². The van der Waals surface area contributed by atoms with E-state index in [4.69, 9.17) is 9.47 Å². The van der Waals surface area contributed by atoms with Crippen LogP contribution in [0.15, 0.2) is 0 Å². The minimum atomic E-state index is -4.46. The Morgan fingerprint density at radius 3 is 2.74 bits per heavy atom. The fourth-order valence-corrected chi connectivity index (χ4v) is 3.17. The maximum atomic E-state index is 13.3. The number of rotatable bonds is 3. The number of alkyl halides is 3. The highest BCUT2D eigenvalue weighted by atomic mass is 19.4. The van der Waals surface area contributed by atoms with Crippen LogP contribution >= 0.6 is 0 Å². The maximum absolute atomic E-state index is 13.3. The van der Waals surface area contributed by atoms with Crippen LogP contribution in [0, 0.1) is 0 Å². The van der Waals surface area contributed by atoms with Crippen LogP contribution in [0.5, 0.6) is 0 Å². The van der Waals surface area contributed by atoms with Crippen molar-refractivity contribution in [3.63, 3.8) is 0 Å². The molecule has 1 aromatic rings. The van der Waals surface area contributed by atoms with E-state index in [0.717, 1.165) is 12.8 Å². The van der Waals surface area contributed by atoms with Crippen molar-refractivity contribution in [2.45, 2.75) is 50.4 Å². The zero-order valence-electron chi connectivity index (χ0n) is 12.9. The third kappa shape index (κ3) is 3.58. The van der Waals surface area contributed by atoms with Gasteiger partial charge in [0.05, 0.1) is 12.6 Å². The van der Waals surface area contributed by atoms with E-state index in [1.807, 2.05) is 0 Å². The highest BCUT2D eigenvalue weighted by Crippen LogP contribution is 2.35. The summed E-state index contributed by atoms with van der Waals surface area (Å²) in [6.07, 6.45) is -1.48. The van der Waals surface area contributed by atoms with Crippen molar-refractivity contribution in [2.24, 2.45) is 0 Å². The Kier molecular flexibility index (Phi) is 4.72.